The second-order valence-electron chi connectivity index (χ2n) is 8.06. The Labute approximate surface area is 183 Å². The van der Waals surface area contributed by atoms with E-state index in [0.717, 1.165) is 33.1 Å². The van der Waals surface area contributed by atoms with Crippen LogP contribution in [0.1, 0.15) is 16.8 Å². The molecule has 0 saturated heterocycles. The number of halogens is 3. The summed E-state index contributed by atoms with van der Waals surface area (Å²) in [6.45, 7) is 3.76. The maximum Gasteiger partial charge on any atom is 0.416 e. The molecule has 0 bridgehead atoms. The zero-order valence-electron chi connectivity index (χ0n) is 17.9. The number of nitrogens with zero attached hydrogens (tertiary/aromatic N) is 3. The second-order valence-corrected chi connectivity index (χ2v) is 8.06. The van der Waals surface area contributed by atoms with Crippen molar-refractivity contribution in [3.05, 3.63) is 89.7 Å². The van der Waals surface area contributed by atoms with Gasteiger partial charge in [-0.15, -0.1) is 0 Å². The van der Waals surface area contributed by atoms with Crippen molar-refractivity contribution in [2.45, 2.75) is 20.0 Å². The molecule has 6 heteroatoms. The van der Waals surface area contributed by atoms with Gasteiger partial charge in [0, 0.05) is 42.6 Å². The Balaban J connectivity index is 1.83. The van der Waals surface area contributed by atoms with E-state index in [1.54, 1.807) is 0 Å². The summed E-state index contributed by atoms with van der Waals surface area (Å²) in [4.78, 5) is 4.66. The van der Waals surface area contributed by atoms with E-state index in [0.29, 0.717) is 17.1 Å². The summed E-state index contributed by atoms with van der Waals surface area (Å²) >= 11 is 0. The lowest BCUT2D eigenvalue weighted by Crippen LogP contribution is -2.35. The Kier molecular flexibility index (Phi) is 4.55. The number of benzene rings is 3. The summed E-state index contributed by atoms with van der Waals surface area (Å²) in [5.41, 5.74) is 3.47. The van der Waals surface area contributed by atoms with Gasteiger partial charge in [0.1, 0.15) is 5.82 Å². The van der Waals surface area contributed by atoms with Crippen molar-refractivity contribution in [2.75, 3.05) is 0 Å². The molecule has 0 saturated carbocycles. The number of pyridine rings is 1. The predicted molar refractivity (Wildman–Crippen MR) is 120 cm³/mol. The zero-order chi connectivity index (χ0) is 22.6. The quantitative estimate of drug-likeness (QED) is 0.300. The summed E-state index contributed by atoms with van der Waals surface area (Å²) in [7, 11) is 1.83. The van der Waals surface area contributed by atoms with Crippen LogP contribution in [0.15, 0.2) is 72.9 Å². The Morgan fingerprint density at radius 2 is 1.56 bits per heavy atom. The molecule has 3 aromatic carbocycles. The van der Waals surface area contributed by atoms with Crippen molar-refractivity contribution in [2.24, 2.45) is 7.05 Å². The van der Waals surface area contributed by atoms with Crippen LogP contribution >= 0.6 is 0 Å². The van der Waals surface area contributed by atoms with Crippen molar-refractivity contribution in [3.8, 4) is 17.1 Å². The van der Waals surface area contributed by atoms with Gasteiger partial charge in [-0.1, -0.05) is 30.3 Å². The van der Waals surface area contributed by atoms with Crippen LogP contribution in [-0.4, -0.2) is 9.55 Å². The maximum absolute atomic E-state index is 13.9. The van der Waals surface area contributed by atoms with Gasteiger partial charge in [0.15, 0.2) is 11.9 Å². The van der Waals surface area contributed by atoms with Crippen molar-refractivity contribution >= 4 is 21.8 Å². The first-order valence-corrected chi connectivity index (χ1v) is 10.3. The monoisotopic (exact) mass is 432 g/mol. The third-order valence-corrected chi connectivity index (χ3v) is 6.00. The van der Waals surface area contributed by atoms with Crippen LogP contribution < -0.4 is 4.57 Å². The number of hydrogen-bond acceptors (Lipinski definition) is 1. The largest absolute Gasteiger partial charge is 0.416 e. The van der Waals surface area contributed by atoms with E-state index in [1.807, 2.05) is 90.8 Å². The molecule has 0 amide bonds. The summed E-state index contributed by atoms with van der Waals surface area (Å²) in [6, 6.07) is 19.8. The van der Waals surface area contributed by atoms with Gasteiger partial charge in [0.05, 0.1) is 16.6 Å². The molecule has 0 unspecified atom stereocenters. The molecule has 0 N–H and O–H groups in total. The molecule has 160 valence electrons. The Morgan fingerprint density at radius 1 is 0.875 bits per heavy atom. The third-order valence-electron chi connectivity index (χ3n) is 6.00. The van der Waals surface area contributed by atoms with E-state index >= 15 is 0 Å². The molecule has 5 rings (SSSR count). The number of hydrogen-bond donors (Lipinski definition) is 0. The summed E-state index contributed by atoms with van der Waals surface area (Å²) in [6.07, 6.45) is -2.58. The van der Waals surface area contributed by atoms with Crippen molar-refractivity contribution < 1.29 is 17.7 Å². The smallest absolute Gasteiger partial charge is 0.327 e. The lowest BCUT2D eigenvalue weighted by Gasteiger charge is -2.14. The normalized spacial score (nSPS) is 12.1. The average molecular weight is 432 g/mol. The van der Waals surface area contributed by atoms with Gasteiger partial charge >= 0.3 is 6.18 Å². The summed E-state index contributed by atoms with van der Waals surface area (Å²) in [5.74, 6) is 0.509. The summed E-state index contributed by atoms with van der Waals surface area (Å²) < 4.78 is 45.5. The number of rotatable bonds is 2. The molecular weight excluding hydrogens is 411 g/mol. The predicted octanol–water partition coefficient (Wildman–Crippen LogP) is 6.31. The van der Waals surface area contributed by atoms with Gasteiger partial charge in [-0.2, -0.15) is 17.7 Å². The average Bonchev–Trinajstić information content (AvgIpc) is 3.09. The minimum atomic E-state index is -4.48. The SMILES string of the molecule is Cc1c(-c2nc3ccccc3n2C)cc(C(F)(F)F)cc1-[n+]1cc2ccccc2cc1C. The highest BCUT2D eigenvalue weighted by molar-refractivity contribution is 5.82. The number of aromatic nitrogens is 3. The van der Waals surface area contributed by atoms with Crippen LogP contribution in [0.5, 0.6) is 0 Å². The van der Waals surface area contributed by atoms with Crippen molar-refractivity contribution in [1.29, 1.82) is 0 Å². The van der Waals surface area contributed by atoms with E-state index in [9.17, 15) is 13.2 Å². The molecule has 0 aliphatic rings. The number of fused-ring (bicyclic) bond motifs is 2. The summed E-state index contributed by atoms with van der Waals surface area (Å²) in [5, 5.41) is 2.00. The molecule has 5 aromatic rings. The van der Waals surface area contributed by atoms with Crippen molar-refractivity contribution in [1.82, 2.24) is 9.55 Å². The molecule has 0 spiro atoms. The standard InChI is InChI=1S/C26H21F3N3/c1-16-12-18-8-4-5-9-19(18)15-32(16)24-14-20(26(27,28)29)13-21(17(24)2)25-30-22-10-6-7-11-23(22)31(25)3/h4-15H,1-3H3/q+1. The second kappa shape index (κ2) is 7.19. The molecule has 0 fully saturated rings. The fraction of sp³-hybridized carbons (Fsp3) is 0.154. The van der Waals surface area contributed by atoms with Gasteiger partial charge in [0.25, 0.3) is 0 Å². The fourth-order valence-corrected chi connectivity index (χ4v) is 4.29. The van der Waals surface area contributed by atoms with Crippen molar-refractivity contribution in [3.63, 3.8) is 0 Å². The van der Waals surface area contributed by atoms with E-state index in [2.05, 4.69) is 4.98 Å². The molecule has 32 heavy (non-hydrogen) atoms. The van der Waals surface area contributed by atoms with Crippen LogP contribution in [0.4, 0.5) is 13.2 Å². The molecule has 0 radical (unpaired) electrons. The Morgan fingerprint density at radius 3 is 2.28 bits per heavy atom. The minimum absolute atomic E-state index is 0.466. The fourth-order valence-electron chi connectivity index (χ4n) is 4.29. The number of imidazole rings is 1. The molecule has 0 atom stereocenters. The molecule has 0 aliphatic heterocycles. The van der Waals surface area contributed by atoms with Gasteiger partial charge < -0.3 is 4.57 Å². The van der Waals surface area contributed by atoms with Gasteiger partial charge in [-0.25, -0.2) is 4.98 Å². The molecular formula is C26H21F3N3+. The zero-order valence-corrected chi connectivity index (χ0v) is 17.9. The van der Waals surface area contributed by atoms with Gasteiger partial charge in [-0.3, -0.25) is 0 Å². The van der Waals surface area contributed by atoms with E-state index in [4.69, 9.17) is 0 Å². The Bertz CT molecular complexity index is 1500. The third kappa shape index (κ3) is 3.23. The molecule has 2 heterocycles. The highest BCUT2D eigenvalue weighted by Crippen LogP contribution is 2.36. The number of alkyl halides is 3. The van der Waals surface area contributed by atoms with Gasteiger partial charge in [-0.05, 0) is 36.6 Å². The van der Waals surface area contributed by atoms with Gasteiger partial charge in [0.2, 0.25) is 5.69 Å². The lowest BCUT2D eigenvalue weighted by atomic mass is 10.0. The first kappa shape index (κ1) is 20.2. The van der Waals surface area contributed by atoms with E-state index < -0.39 is 11.7 Å². The van der Waals surface area contributed by atoms with E-state index in [-0.39, 0.29) is 0 Å². The highest BCUT2D eigenvalue weighted by atomic mass is 19.4. The van der Waals surface area contributed by atoms with E-state index in [1.165, 1.54) is 12.1 Å². The Hall–Kier alpha value is -3.67. The molecule has 3 nitrogen and oxygen atoms in total. The van der Waals surface area contributed by atoms with Crippen LogP contribution in [0, 0.1) is 13.8 Å². The molecule has 0 aliphatic carbocycles. The molecule has 2 aromatic heterocycles. The lowest BCUT2D eigenvalue weighted by molar-refractivity contribution is -0.601. The maximum atomic E-state index is 13.9. The van der Waals surface area contributed by atoms with Crippen LogP contribution in [0.25, 0.3) is 38.9 Å². The number of para-hydroxylation sites is 2. The first-order chi connectivity index (χ1) is 15.2. The van der Waals surface area contributed by atoms with Crippen LogP contribution in [0.3, 0.4) is 0 Å². The number of aryl methyl sites for hydroxylation is 2. The topological polar surface area (TPSA) is 21.7 Å². The van der Waals surface area contributed by atoms with Crippen LogP contribution in [0.2, 0.25) is 0 Å². The highest BCUT2D eigenvalue weighted by Gasteiger charge is 2.34. The van der Waals surface area contributed by atoms with Crippen LogP contribution in [-0.2, 0) is 13.2 Å². The minimum Gasteiger partial charge on any atom is -0.327 e. The first-order valence-electron chi connectivity index (χ1n) is 10.3.